The van der Waals surface area contributed by atoms with Crippen LogP contribution in [-0.4, -0.2) is 0 Å². The number of anilines is 1. The van der Waals surface area contributed by atoms with E-state index in [-0.39, 0.29) is 0 Å². The summed E-state index contributed by atoms with van der Waals surface area (Å²) in [6.45, 7) is 0.459. The van der Waals surface area contributed by atoms with Crippen LogP contribution in [-0.2, 0) is 6.61 Å². The van der Waals surface area contributed by atoms with Gasteiger partial charge < -0.3 is 10.5 Å². The average molecular weight is 407 g/mol. The Hall–Kier alpha value is -1.52. The number of fused-ring (bicyclic) bond motifs is 1. The molecule has 3 aromatic rings. The lowest BCUT2D eigenvalue weighted by atomic mass is 10.1. The molecule has 2 nitrogen and oxygen atoms in total. The molecule has 3 aromatic carbocycles. The van der Waals surface area contributed by atoms with Gasteiger partial charge in [-0.3, -0.25) is 0 Å². The second-order valence-corrected chi connectivity index (χ2v) is 6.62. The molecule has 0 bridgehead atoms. The molecule has 0 atom stereocenters. The summed E-state index contributed by atoms with van der Waals surface area (Å²) in [5, 5.41) is 2.33. The molecule has 0 aliphatic rings. The Balaban J connectivity index is 1.80. The monoisotopic (exact) mass is 405 g/mol. The Bertz CT molecular complexity index is 802. The molecule has 0 saturated carbocycles. The number of hydrogen-bond donors (Lipinski definition) is 1. The summed E-state index contributed by atoms with van der Waals surface area (Å²) in [4.78, 5) is 0. The van der Waals surface area contributed by atoms with Crippen LogP contribution in [0.2, 0.25) is 0 Å². The summed E-state index contributed by atoms with van der Waals surface area (Å²) in [5.41, 5.74) is 7.69. The van der Waals surface area contributed by atoms with Gasteiger partial charge >= 0.3 is 0 Å². The number of ether oxygens (including phenoxy) is 1. The first-order valence-corrected chi connectivity index (χ1v) is 8.06. The number of rotatable bonds is 3. The van der Waals surface area contributed by atoms with Crippen LogP contribution in [0.3, 0.4) is 0 Å². The minimum absolute atomic E-state index is 0.459. The predicted molar refractivity (Wildman–Crippen MR) is 94.5 cm³/mol. The van der Waals surface area contributed by atoms with Gasteiger partial charge in [-0.15, -0.1) is 0 Å². The Morgan fingerprint density at radius 1 is 0.810 bits per heavy atom. The molecule has 2 N–H and O–H groups in total. The highest BCUT2D eigenvalue weighted by atomic mass is 79.9. The van der Waals surface area contributed by atoms with Crippen LogP contribution in [0.5, 0.6) is 5.75 Å². The summed E-state index contributed by atoms with van der Waals surface area (Å²) in [5.74, 6) is 0.840. The van der Waals surface area contributed by atoms with Crippen LogP contribution in [0.25, 0.3) is 10.8 Å². The summed E-state index contributed by atoms with van der Waals surface area (Å²) < 4.78 is 7.89. The number of hydrogen-bond acceptors (Lipinski definition) is 2. The van der Waals surface area contributed by atoms with Crippen LogP contribution >= 0.6 is 31.9 Å². The lowest BCUT2D eigenvalue weighted by molar-refractivity contribution is 0.307. The van der Waals surface area contributed by atoms with Gasteiger partial charge in [0.1, 0.15) is 12.4 Å². The molecule has 106 valence electrons. The SMILES string of the molecule is Nc1cc(Br)ccc1COc1ccc2cc(Br)ccc2c1. The van der Waals surface area contributed by atoms with E-state index in [9.17, 15) is 0 Å². The smallest absolute Gasteiger partial charge is 0.120 e. The van der Waals surface area contributed by atoms with Crippen molar-refractivity contribution in [1.29, 1.82) is 0 Å². The summed E-state index contributed by atoms with van der Waals surface area (Å²) >= 11 is 6.88. The zero-order valence-electron chi connectivity index (χ0n) is 11.1. The molecule has 0 unspecified atom stereocenters. The highest BCUT2D eigenvalue weighted by Crippen LogP contribution is 2.25. The normalized spacial score (nSPS) is 10.8. The Kier molecular flexibility index (Phi) is 4.17. The van der Waals surface area contributed by atoms with Gasteiger partial charge in [0.2, 0.25) is 0 Å². The maximum absolute atomic E-state index is 5.98. The molecule has 0 fully saturated rings. The van der Waals surface area contributed by atoms with Gasteiger partial charge in [0.25, 0.3) is 0 Å². The predicted octanol–water partition coefficient (Wildman–Crippen LogP) is 5.53. The van der Waals surface area contributed by atoms with E-state index in [0.29, 0.717) is 6.61 Å². The highest BCUT2D eigenvalue weighted by Gasteiger charge is 2.03. The van der Waals surface area contributed by atoms with E-state index in [1.807, 2.05) is 36.4 Å². The lowest BCUT2D eigenvalue weighted by Crippen LogP contribution is -2.00. The first-order valence-electron chi connectivity index (χ1n) is 6.48. The largest absolute Gasteiger partial charge is 0.489 e. The van der Waals surface area contributed by atoms with E-state index < -0.39 is 0 Å². The fourth-order valence-corrected chi connectivity index (χ4v) is 2.90. The molecule has 0 heterocycles. The molecule has 0 radical (unpaired) electrons. The van der Waals surface area contributed by atoms with E-state index in [1.54, 1.807) is 0 Å². The van der Waals surface area contributed by atoms with Gasteiger partial charge in [-0.05, 0) is 47.2 Å². The summed E-state index contributed by atoms with van der Waals surface area (Å²) in [7, 11) is 0. The first kappa shape index (κ1) is 14.4. The maximum atomic E-state index is 5.98. The number of nitrogens with two attached hydrogens (primary N) is 1. The number of nitrogen functional groups attached to an aromatic ring is 1. The molecule has 0 saturated heterocycles. The van der Waals surface area contributed by atoms with Crippen molar-refractivity contribution in [3.05, 3.63) is 69.1 Å². The van der Waals surface area contributed by atoms with Crippen LogP contribution in [0, 0.1) is 0 Å². The van der Waals surface area contributed by atoms with Gasteiger partial charge in [0.15, 0.2) is 0 Å². The molecular formula is C17H13Br2NO. The number of halogens is 2. The second-order valence-electron chi connectivity index (χ2n) is 4.79. The maximum Gasteiger partial charge on any atom is 0.120 e. The quantitative estimate of drug-likeness (QED) is 0.580. The van der Waals surface area contributed by atoms with Crippen molar-refractivity contribution in [2.45, 2.75) is 6.61 Å². The minimum atomic E-state index is 0.459. The lowest BCUT2D eigenvalue weighted by Gasteiger charge is -2.10. The summed E-state index contributed by atoms with van der Waals surface area (Å²) in [6.07, 6.45) is 0. The summed E-state index contributed by atoms with van der Waals surface area (Å²) in [6, 6.07) is 18.1. The fraction of sp³-hybridized carbons (Fsp3) is 0.0588. The van der Waals surface area contributed by atoms with Crippen molar-refractivity contribution in [2.24, 2.45) is 0 Å². The average Bonchev–Trinajstić information content (AvgIpc) is 2.46. The fourth-order valence-electron chi connectivity index (χ4n) is 2.14. The Morgan fingerprint density at radius 2 is 1.48 bits per heavy atom. The molecule has 0 spiro atoms. The minimum Gasteiger partial charge on any atom is -0.489 e. The molecule has 0 amide bonds. The van der Waals surface area contributed by atoms with Crippen molar-refractivity contribution in [3.8, 4) is 5.75 Å². The first-order chi connectivity index (χ1) is 10.1. The van der Waals surface area contributed by atoms with Gasteiger partial charge in [-0.25, -0.2) is 0 Å². The third-order valence-corrected chi connectivity index (χ3v) is 4.26. The third kappa shape index (κ3) is 3.39. The Labute approximate surface area is 140 Å². The number of benzene rings is 3. The molecule has 0 aromatic heterocycles. The van der Waals surface area contributed by atoms with Gasteiger partial charge in [-0.1, -0.05) is 50.1 Å². The van der Waals surface area contributed by atoms with E-state index in [4.69, 9.17) is 10.5 Å². The van der Waals surface area contributed by atoms with Crippen LogP contribution in [0.1, 0.15) is 5.56 Å². The molecule has 4 heteroatoms. The van der Waals surface area contributed by atoms with Crippen LogP contribution in [0.4, 0.5) is 5.69 Å². The van der Waals surface area contributed by atoms with E-state index >= 15 is 0 Å². The second kappa shape index (κ2) is 6.08. The van der Waals surface area contributed by atoms with Gasteiger partial charge in [-0.2, -0.15) is 0 Å². The van der Waals surface area contributed by atoms with Crippen LogP contribution in [0.15, 0.2) is 63.5 Å². The van der Waals surface area contributed by atoms with Crippen molar-refractivity contribution in [3.63, 3.8) is 0 Å². The van der Waals surface area contributed by atoms with Crippen molar-refractivity contribution >= 4 is 48.3 Å². The molecule has 21 heavy (non-hydrogen) atoms. The van der Waals surface area contributed by atoms with Crippen molar-refractivity contribution in [1.82, 2.24) is 0 Å². The molecular weight excluding hydrogens is 394 g/mol. The Morgan fingerprint density at radius 3 is 2.29 bits per heavy atom. The topological polar surface area (TPSA) is 35.2 Å². The van der Waals surface area contributed by atoms with E-state index in [2.05, 4.69) is 50.1 Å². The van der Waals surface area contributed by atoms with Gasteiger partial charge in [0, 0.05) is 20.2 Å². The van der Waals surface area contributed by atoms with E-state index in [1.165, 1.54) is 5.39 Å². The van der Waals surface area contributed by atoms with Crippen LogP contribution < -0.4 is 10.5 Å². The zero-order valence-corrected chi connectivity index (χ0v) is 14.3. The molecule has 3 rings (SSSR count). The molecule has 0 aliphatic heterocycles. The standard InChI is InChI=1S/C17H13Br2NO/c18-14-4-1-12-8-16(6-3-11(12)7-14)21-10-13-2-5-15(19)9-17(13)20/h1-9H,10,20H2. The van der Waals surface area contributed by atoms with Crippen molar-refractivity contribution in [2.75, 3.05) is 5.73 Å². The van der Waals surface area contributed by atoms with Gasteiger partial charge in [0.05, 0.1) is 0 Å². The molecule has 0 aliphatic carbocycles. The third-order valence-electron chi connectivity index (χ3n) is 3.28. The van der Waals surface area contributed by atoms with Crippen molar-refractivity contribution < 1.29 is 4.74 Å². The zero-order chi connectivity index (χ0) is 14.8. The van der Waals surface area contributed by atoms with E-state index in [0.717, 1.165) is 31.3 Å². The highest BCUT2D eigenvalue weighted by molar-refractivity contribution is 9.10.